The second kappa shape index (κ2) is 7.42. The fourth-order valence-electron chi connectivity index (χ4n) is 4.01. The molecule has 0 bridgehead atoms. The van der Waals surface area contributed by atoms with Crippen molar-refractivity contribution in [2.24, 2.45) is 0 Å². The molecule has 4 heterocycles. The van der Waals surface area contributed by atoms with E-state index in [9.17, 15) is 26.7 Å². The van der Waals surface area contributed by atoms with E-state index in [1.807, 2.05) is 0 Å². The lowest BCUT2D eigenvalue weighted by molar-refractivity contribution is -0.186. The molecular formula is C22H16F5N7O. The quantitative estimate of drug-likeness (QED) is 0.423. The number of amides is 1. The van der Waals surface area contributed by atoms with E-state index in [1.54, 1.807) is 6.07 Å². The molecule has 0 saturated heterocycles. The number of benzene rings is 1. The normalized spacial score (nSPS) is 17.6. The van der Waals surface area contributed by atoms with E-state index in [4.69, 9.17) is 5.73 Å². The molecule has 1 aromatic carbocycles. The fraction of sp³-hybridized carbons (Fsp3) is 0.227. The first-order valence-corrected chi connectivity index (χ1v) is 10.3. The smallest absolute Gasteiger partial charge is 0.383 e. The number of carbonyl (C=O) groups excluding carboxylic acids is 1. The van der Waals surface area contributed by atoms with Gasteiger partial charge in [0.2, 0.25) is 5.91 Å². The van der Waals surface area contributed by atoms with Crippen molar-refractivity contribution in [1.82, 2.24) is 24.7 Å². The molecule has 1 amide bonds. The summed E-state index contributed by atoms with van der Waals surface area (Å²) in [5, 5.41) is 6.59. The van der Waals surface area contributed by atoms with E-state index in [0.717, 1.165) is 6.07 Å². The minimum Gasteiger partial charge on any atom is -0.383 e. The van der Waals surface area contributed by atoms with Crippen LogP contribution < -0.4 is 11.1 Å². The molecule has 0 saturated carbocycles. The van der Waals surface area contributed by atoms with Gasteiger partial charge in [0.25, 0.3) is 0 Å². The number of anilines is 2. The van der Waals surface area contributed by atoms with Crippen LogP contribution in [0.25, 0.3) is 22.6 Å². The number of aromatic nitrogens is 5. The van der Waals surface area contributed by atoms with Crippen LogP contribution in [0.4, 0.5) is 33.6 Å². The van der Waals surface area contributed by atoms with Crippen LogP contribution in [0.3, 0.4) is 0 Å². The molecular weight excluding hydrogens is 473 g/mol. The molecule has 3 aromatic heterocycles. The van der Waals surface area contributed by atoms with Gasteiger partial charge >= 0.3 is 6.18 Å². The number of aryl methyl sites for hydroxylation is 1. The zero-order valence-corrected chi connectivity index (χ0v) is 18.2. The van der Waals surface area contributed by atoms with Crippen molar-refractivity contribution in [2.45, 2.75) is 32.0 Å². The van der Waals surface area contributed by atoms with Gasteiger partial charge in [-0.25, -0.2) is 28.4 Å². The first-order valence-electron chi connectivity index (χ1n) is 10.3. The average molecular weight is 489 g/mol. The number of fused-ring (bicyclic) bond motifs is 2. The molecule has 8 nitrogen and oxygen atoms in total. The number of rotatable bonds is 3. The number of alkyl halides is 3. The van der Waals surface area contributed by atoms with Gasteiger partial charge < -0.3 is 11.1 Å². The highest BCUT2D eigenvalue weighted by Crippen LogP contribution is 2.50. The third kappa shape index (κ3) is 3.29. The zero-order valence-electron chi connectivity index (χ0n) is 18.2. The molecule has 1 aliphatic rings. The van der Waals surface area contributed by atoms with Gasteiger partial charge in [0.15, 0.2) is 16.9 Å². The number of nitrogens with one attached hydrogen (secondary N) is 1. The van der Waals surface area contributed by atoms with Gasteiger partial charge in [-0.2, -0.15) is 18.3 Å². The Balaban J connectivity index is 1.71. The predicted molar refractivity (Wildman–Crippen MR) is 115 cm³/mol. The Kier molecular flexibility index (Phi) is 4.80. The second-order valence-corrected chi connectivity index (χ2v) is 8.26. The summed E-state index contributed by atoms with van der Waals surface area (Å²) in [4.78, 5) is 24.5. The van der Waals surface area contributed by atoms with Gasteiger partial charge in [-0.3, -0.25) is 4.79 Å². The van der Waals surface area contributed by atoms with E-state index in [1.165, 1.54) is 29.8 Å². The molecule has 5 rings (SSSR count). The number of nitrogens with zero attached hydrogens (tertiary/aromatic N) is 5. The fourth-order valence-corrected chi connectivity index (χ4v) is 4.01. The maximum absolute atomic E-state index is 14.4. The lowest BCUT2D eigenvalue weighted by Crippen LogP contribution is -2.45. The number of hydrogen-bond donors (Lipinski definition) is 2. The minimum absolute atomic E-state index is 0.0490. The number of nitrogens with two attached hydrogens (primary N) is 1. The van der Waals surface area contributed by atoms with Crippen LogP contribution in [0.5, 0.6) is 0 Å². The molecule has 0 spiro atoms. The highest BCUT2D eigenvalue weighted by atomic mass is 19.4. The lowest BCUT2D eigenvalue weighted by Gasteiger charge is -2.25. The summed E-state index contributed by atoms with van der Waals surface area (Å²) < 4.78 is 71.2. The van der Waals surface area contributed by atoms with Crippen molar-refractivity contribution in [1.29, 1.82) is 0 Å². The topological polar surface area (TPSA) is 112 Å². The van der Waals surface area contributed by atoms with E-state index < -0.39 is 46.3 Å². The van der Waals surface area contributed by atoms with Crippen molar-refractivity contribution < 1.29 is 26.7 Å². The SMILES string of the molecule is Cc1nc2c(cc1F)c(-c1nc(N)c3c(n1)NC(=O)C3(C)C(F)(F)F)nn2Cc1ccccc1F. The maximum Gasteiger partial charge on any atom is 0.407 e. The summed E-state index contributed by atoms with van der Waals surface area (Å²) in [6, 6.07) is 7.09. The lowest BCUT2D eigenvalue weighted by atomic mass is 9.84. The predicted octanol–water partition coefficient (Wildman–Crippen LogP) is 3.88. The Morgan fingerprint density at radius 3 is 2.51 bits per heavy atom. The van der Waals surface area contributed by atoms with Crippen LogP contribution in [0.15, 0.2) is 30.3 Å². The van der Waals surface area contributed by atoms with Gasteiger partial charge in [0.05, 0.1) is 23.2 Å². The van der Waals surface area contributed by atoms with Crippen molar-refractivity contribution >= 4 is 28.6 Å². The number of carbonyl (C=O) groups is 1. The Morgan fingerprint density at radius 2 is 1.83 bits per heavy atom. The molecule has 4 aromatic rings. The van der Waals surface area contributed by atoms with Crippen LogP contribution in [0, 0.1) is 18.6 Å². The summed E-state index contributed by atoms with van der Waals surface area (Å²) in [6.07, 6.45) is -4.96. The molecule has 180 valence electrons. The van der Waals surface area contributed by atoms with E-state index in [2.05, 4.69) is 25.4 Å². The zero-order chi connectivity index (χ0) is 25.3. The second-order valence-electron chi connectivity index (χ2n) is 8.26. The largest absolute Gasteiger partial charge is 0.407 e. The summed E-state index contributed by atoms with van der Waals surface area (Å²) in [7, 11) is 0. The summed E-state index contributed by atoms with van der Waals surface area (Å²) >= 11 is 0. The molecule has 1 unspecified atom stereocenters. The summed E-state index contributed by atoms with van der Waals surface area (Å²) in [5.41, 5.74) is 2.79. The Hall–Kier alpha value is -4.16. The third-order valence-corrected chi connectivity index (χ3v) is 6.03. The van der Waals surface area contributed by atoms with Crippen LogP contribution in [-0.4, -0.2) is 36.8 Å². The third-order valence-electron chi connectivity index (χ3n) is 6.03. The van der Waals surface area contributed by atoms with E-state index >= 15 is 0 Å². The monoisotopic (exact) mass is 489 g/mol. The Labute approximate surface area is 194 Å². The highest BCUT2D eigenvalue weighted by molar-refractivity contribution is 6.07. The van der Waals surface area contributed by atoms with Gasteiger partial charge in [-0.05, 0) is 26.0 Å². The number of pyridine rings is 1. The van der Waals surface area contributed by atoms with Gasteiger partial charge in [-0.15, -0.1) is 0 Å². The van der Waals surface area contributed by atoms with E-state index in [0.29, 0.717) is 6.92 Å². The number of hydrogen-bond acceptors (Lipinski definition) is 6. The minimum atomic E-state index is -4.96. The first-order chi connectivity index (χ1) is 16.4. The molecule has 0 fully saturated rings. The van der Waals surface area contributed by atoms with Crippen molar-refractivity contribution in [2.75, 3.05) is 11.1 Å². The molecule has 3 N–H and O–H groups in total. The molecule has 13 heteroatoms. The van der Waals surface area contributed by atoms with Gasteiger partial charge in [-0.1, -0.05) is 18.2 Å². The standard InChI is InChI=1S/C22H16F5N7O/c1-9-13(24)7-11-15(33-34(19(11)29-9)8-10-5-3-4-6-12(10)23)18-30-16(28)14-17(31-18)32-20(35)21(14,2)22(25,26)27/h3-7H,8H2,1-2H3,(H3,28,30,31,32,35). The summed E-state index contributed by atoms with van der Waals surface area (Å²) in [6.45, 7) is 2.05. The molecule has 1 aliphatic heterocycles. The molecule has 0 aliphatic carbocycles. The number of halogens is 5. The number of nitrogen functional groups attached to an aromatic ring is 1. The summed E-state index contributed by atoms with van der Waals surface area (Å²) in [5.74, 6) is -3.78. The van der Waals surface area contributed by atoms with E-state index in [-0.39, 0.29) is 40.4 Å². The highest BCUT2D eigenvalue weighted by Gasteiger charge is 2.63. The van der Waals surface area contributed by atoms with Crippen LogP contribution in [0.2, 0.25) is 0 Å². The van der Waals surface area contributed by atoms with Crippen LogP contribution >= 0.6 is 0 Å². The Morgan fingerprint density at radius 1 is 1.11 bits per heavy atom. The average Bonchev–Trinajstić information content (AvgIpc) is 3.25. The molecule has 35 heavy (non-hydrogen) atoms. The van der Waals surface area contributed by atoms with Crippen molar-refractivity contribution in [3.63, 3.8) is 0 Å². The first kappa shape index (κ1) is 22.6. The Bertz CT molecular complexity index is 1530. The van der Waals surface area contributed by atoms with Gasteiger partial charge in [0, 0.05) is 5.56 Å². The van der Waals surface area contributed by atoms with Gasteiger partial charge in [0.1, 0.15) is 29.0 Å². The molecule has 0 radical (unpaired) electrons. The van der Waals surface area contributed by atoms with Crippen molar-refractivity contribution in [3.8, 4) is 11.5 Å². The van der Waals surface area contributed by atoms with Crippen LogP contribution in [-0.2, 0) is 16.8 Å². The van der Waals surface area contributed by atoms with Crippen molar-refractivity contribution in [3.05, 3.63) is 58.8 Å². The van der Waals surface area contributed by atoms with Crippen LogP contribution in [0.1, 0.15) is 23.7 Å². The molecule has 1 atom stereocenters. The maximum atomic E-state index is 14.4.